The highest BCUT2D eigenvalue weighted by Crippen LogP contribution is 2.27. The Morgan fingerprint density at radius 1 is 1.23 bits per heavy atom. The van der Waals surface area contributed by atoms with Crippen molar-refractivity contribution in [1.29, 1.82) is 0 Å². The predicted octanol–water partition coefficient (Wildman–Crippen LogP) is 2.07. The molecule has 0 aliphatic heterocycles. The number of benzene rings is 1. The van der Waals surface area contributed by atoms with Crippen LogP contribution in [0.15, 0.2) is 18.2 Å². The highest BCUT2D eigenvalue weighted by atomic mass is 32.2. The second-order valence-corrected chi connectivity index (χ2v) is 8.56. The van der Waals surface area contributed by atoms with Crippen LogP contribution in [0.2, 0.25) is 0 Å². The van der Waals surface area contributed by atoms with Crippen molar-refractivity contribution in [3.63, 3.8) is 0 Å². The number of sulfonamides is 1. The van der Waals surface area contributed by atoms with Gasteiger partial charge in [0.15, 0.2) is 0 Å². The first-order chi connectivity index (χ1) is 12.3. The third-order valence-corrected chi connectivity index (χ3v) is 5.67. The van der Waals surface area contributed by atoms with Crippen molar-refractivity contribution in [2.45, 2.75) is 39.7 Å². The van der Waals surface area contributed by atoms with E-state index in [0.29, 0.717) is 5.69 Å². The van der Waals surface area contributed by atoms with Crippen LogP contribution in [-0.2, 0) is 10.0 Å². The van der Waals surface area contributed by atoms with Crippen LogP contribution in [0.4, 0.5) is 16.2 Å². The Bertz CT molecular complexity index is 728. The van der Waals surface area contributed by atoms with E-state index in [0.717, 1.165) is 37.2 Å². The van der Waals surface area contributed by atoms with E-state index in [1.54, 1.807) is 0 Å². The molecule has 0 spiro atoms. The van der Waals surface area contributed by atoms with Gasteiger partial charge in [-0.15, -0.1) is 0 Å². The summed E-state index contributed by atoms with van der Waals surface area (Å²) in [6, 6.07) is 5.83. The third kappa shape index (κ3) is 5.52. The minimum Gasteiger partial charge on any atom is -0.372 e. The van der Waals surface area contributed by atoms with Crippen molar-refractivity contribution in [2.75, 3.05) is 41.6 Å². The molecule has 146 valence electrons. The first kappa shape index (κ1) is 20.4. The molecule has 1 aliphatic carbocycles. The van der Waals surface area contributed by atoms with Gasteiger partial charge in [0.25, 0.3) is 0 Å². The highest BCUT2D eigenvalue weighted by Gasteiger charge is 2.24. The van der Waals surface area contributed by atoms with E-state index < -0.39 is 10.0 Å². The second-order valence-electron chi connectivity index (χ2n) is 6.65. The largest absolute Gasteiger partial charge is 0.372 e. The van der Waals surface area contributed by atoms with Crippen molar-refractivity contribution in [2.24, 2.45) is 0 Å². The lowest BCUT2D eigenvalue weighted by molar-refractivity contribution is 0.241. The van der Waals surface area contributed by atoms with Gasteiger partial charge in [0.1, 0.15) is 0 Å². The molecule has 1 saturated carbocycles. The van der Waals surface area contributed by atoms with Crippen LogP contribution in [-0.4, -0.2) is 52.9 Å². The Morgan fingerprint density at radius 2 is 1.88 bits per heavy atom. The van der Waals surface area contributed by atoms with Crippen LogP contribution in [0.5, 0.6) is 0 Å². The van der Waals surface area contributed by atoms with Crippen LogP contribution < -0.4 is 19.8 Å². The maximum Gasteiger partial charge on any atom is 0.315 e. The third-order valence-electron chi connectivity index (χ3n) is 4.49. The summed E-state index contributed by atoms with van der Waals surface area (Å²) in [7, 11) is -3.45. The van der Waals surface area contributed by atoms with Gasteiger partial charge in [-0.2, -0.15) is 0 Å². The lowest BCUT2D eigenvalue weighted by Crippen LogP contribution is -2.42. The molecule has 0 radical (unpaired) electrons. The predicted molar refractivity (Wildman–Crippen MR) is 106 cm³/mol. The van der Waals surface area contributed by atoms with Gasteiger partial charge < -0.3 is 15.5 Å². The average molecular weight is 383 g/mol. The molecular weight excluding hydrogens is 352 g/mol. The lowest BCUT2D eigenvalue weighted by Gasteiger charge is -2.27. The van der Waals surface area contributed by atoms with E-state index in [1.807, 2.05) is 25.1 Å². The fourth-order valence-corrected chi connectivity index (χ4v) is 3.89. The molecule has 1 aliphatic rings. The number of nitrogens with zero attached hydrogens (tertiary/aromatic N) is 2. The number of carbonyl (C=O) groups excluding carboxylic acids is 1. The number of aryl methyl sites for hydroxylation is 1. The average Bonchev–Trinajstić information content (AvgIpc) is 3.36. The van der Waals surface area contributed by atoms with Gasteiger partial charge in [-0.05, 0) is 57.4 Å². The molecule has 1 fully saturated rings. The van der Waals surface area contributed by atoms with Crippen molar-refractivity contribution >= 4 is 27.4 Å². The van der Waals surface area contributed by atoms with Crippen molar-refractivity contribution in [3.05, 3.63) is 23.8 Å². The van der Waals surface area contributed by atoms with Gasteiger partial charge in [-0.25, -0.2) is 13.2 Å². The fraction of sp³-hybridized carbons (Fsp3) is 0.611. The zero-order valence-corrected chi connectivity index (χ0v) is 16.9. The monoisotopic (exact) mass is 382 g/mol. The Balaban J connectivity index is 2.09. The minimum absolute atomic E-state index is 0.197. The fourth-order valence-electron chi connectivity index (χ4n) is 2.90. The summed E-state index contributed by atoms with van der Waals surface area (Å²) in [6.07, 6.45) is 3.22. The van der Waals surface area contributed by atoms with Gasteiger partial charge in [0, 0.05) is 31.4 Å². The Labute approximate surface area is 156 Å². The minimum atomic E-state index is -3.45. The van der Waals surface area contributed by atoms with Crippen molar-refractivity contribution in [3.8, 4) is 0 Å². The van der Waals surface area contributed by atoms with Gasteiger partial charge >= 0.3 is 6.03 Å². The van der Waals surface area contributed by atoms with E-state index in [1.165, 1.54) is 10.6 Å². The zero-order valence-electron chi connectivity index (χ0n) is 16.1. The van der Waals surface area contributed by atoms with Crippen LogP contribution in [0.25, 0.3) is 0 Å². The normalized spacial score (nSPS) is 14.0. The van der Waals surface area contributed by atoms with E-state index >= 15 is 0 Å². The maximum absolute atomic E-state index is 12.3. The molecule has 1 aromatic rings. The van der Waals surface area contributed by atoms with Gasteiger partial charge in [0.05, 0.1) is 18.5 Å². The molecule has 1 aromatic carbocycles. The van der Waals surface area contributed by atoms with Crippen LogP contribution in [0.3, 0.4) is 0 Å². The number of amides is 2. The molecular formula is C18H30N4O3S. The lowest BCUT2D eigenvalue weighted by atomic mass is 10.1. The molecule has 0 unspecified atom stereocenters. The van der Waals surface area contributed by atoms with Crippen LogP contribution >= 0.6 is 0 Å². The summed E-state index contributed by atoms with van der Waals surface area (Å²) >= 11 is 0. The standard InChI is InChI=1S/C18H30N4O3S/c1-5-21(6-2)16-9-10-17(14(3)13-16)22(26(4,24)25)12-11-19-18(23)20-15-7-8-15/h9-10,13,15H,5-8,11-12H2,1-4H3,(H2,19,20,23). The molecule has 0 heterocycles. The molecule has 2 rings (SSSR count). The van der Waals surface area contributed by atoms with Crippen molar-refractivity contribution < 1.29 is 13.2 Å². The summed E-state index contributed by atoms with van der Waals surface area (Å²) in [5, 5.41) is 5.56. The van der Waals surface area contributed by atoms with Crippen molar-refractivity contribution in [1.82, 2.24) is 10.6 Å². The number of rotatable bonds is 9. The number of urea groups is 1. The Morgan fingerprint density at radius 3 is 2.38 bits per heavy atom. The van der Waals surface area contributed by atoms with Crippen LogP contribution in [0, 0.1) is 6.92 Å². The van der Waals surface area contributed by atoms with Gasteiger partial charge in [-0.3, -0.25) is 4.31 Å². The van der Waals surface area contributed by atoms with E-state index in [2.05, 4.69) is 29.4 Å². The smallest absolute Gasteiger partial charge is 0.315 e. The number of hydrogen-bond acceptors (Lipinski definition) is 4. The molecule has 7 nitrogen and oxygen atoms in total. The number of nitrogens with one attached hydrogen (secondary N) is 2. The van der Waals surface area contributed by atoms with Gasteiger partial charge in [-0.1, -0.05) is 0 Å². The number of anilines is 2. The molecule has 0 saturated heterocycles. The Kier molecular flexibility index (Phi) is 6.75. The molecule has 2 amide bonds. The Hall–Kier alpha value is -1.96. The van der Waals surface area contributed by atoms with Crippen LogP contribution in [0.1, 0.15) is 32.3 Å². The molecule has 2 N–H and O–H groups in total. The number of hydrogen-bond donors (Lipinski definition) is 2. The number of carbonyl (C=O) groups is 1. The van der Waals surface area contributed by atoms with E-state index in [4.69, 9.17) is 0 Å². The first-order valence-electron chi connectivity index (χ1n) is 9.14. The molecule has 26 heavy (non-hydrogen) atoms. The van der Waals surface area contributed by atoms with E-state index in [-0.39, 0.29) is 25.2 Å². The topological polar surface area (TPSA) is 81.8 Å². The van der Waals surface area contributed by atoms with E-state index in [9.17, 15) is 13.2 Å². The highest BCUT2D eigenvalue weighted by molar-refractivity contribution is 7.92. The molecule has 0 bridgehead atoms. The maximum atomic E-state index is 12.3. The summed E-state index contributed by atoms with van der Waals surface area (Å²) in [4.78, 5) is 13.9. The SMILES string of the molecule is CCN(CC)c1ccc(N(CCNC(=O)NC2CC2)S(C)(=O)=O)c(C)c1. The molecule has 0 aromatic heterocycles. The summed E-state index contributed by atoms with van der Waals surface area (Å²) in [5.41, 5.74) is 2.61. The second kappa shape index (κ2) is 8.62. The quantitative estimate of drug-likeness (QED) is 0.685. The summed E-state index contributed by atoms with van der Waals surface area (Å²) < 4.78 is 25.9. The summed E-state index contributed by atoms with van der Waals surface area (Å²) in [6.45, 7) is 8.33. The molecule has 0 atom stereocenters. The molecule has 8 heteroatoms. The van der Waals surface area contributed by atoms with Gasteiger partial charge in [0.2, 0.25) is 10.0 Å². The summed E-state index contributed by atoms with van der Waals surface area (Å²) in [5.74, 6) is 0. The zero-order chi connectivity index (χ0) is 19.3. The first-order valence-corrected chi connectivity index (χ1v) is 11.0.